The van der Waals surface area contributed by atoms with Crippen molar-refractivity contribution in [3.8, 4) is 22.8 Å². The molecule has 0 N–H and O–H groups in total. The van der Waals surface area contributed by atoms with Crippen LogP contribution in [0.15, 0.2) is 170 Å². The Labute approximate surface area is 458 Å². The molecule has 9 rings (SSSR count). The Morgan fingerprint density at radius 1 is 0.494 bits per heavy atom. The highest BCUT2D eigenvalue weighted by Gasteiger charge is 2.27. The zero-order chi connectivity index (χ0) is 55.7. The molecule has 0 fully saturated rings. The minimum Gasteiger partial charge on any atom is -0.457 e. The van der Waals surface area contributed by atoms with Gasteiger partial charge < -0.3 is 14.2 Å². The van der Waals surface area contributed by atoms with Crippen molar-refractivity contribution in [1.29, 1.82) is 0 Å². The topological polar surface area (TPSA) is 157 Å². The van der Waals surface area contributed by atoms with E-state index in [1.165, 1.54) is 38.7 Å². The van der Waals surface area contributed by atoms with Crippen LogP contribution in [0.1, 0.15) is 78.5 Å². The van der Waals surface area contributed by atoms with Gasteiger partial charge in [0, 0.05) is 17.2 Å². The Bertz CT molecular complexity index is 3520. The van der Waals surface area contributed by atoms with Gasteiger partial charge in [-0.3, -0.25) is 4.79 Å². The highest BCUT2D eigenvalue weighted by atomic mass is 35.5. The molecule has 0 saturated carbocycles. The number of nitrogens with zero attached hydrogens (tertiary/aromatic N) is 6. The number of carbonyl (C=O) groups excluding carboxylic acids is 4. The SMILES string of the molecule is C=P(c1ccccc1)(c1ccccc1)c1ccccc1.CC(C)(C)OC(=O)/C=C/c1cc2c(Cl)nc(-c3ccccc3)nc2n1C(=O)OC(C)(C)C.CC(C)(C)OC(=O)n1c(C=O)cc2c(Cl)nc(-c3ccccc3)nc21. The Morgan fingerprint density at radius 2 is 0.818 bits per heavy atom. The Kier molecular flexibility index (Phi) is 17.6. The fourth-order valence-electron chi connectivity index (χ4n) is 7.75. The van der Waals surface area contributed by atoms with E-state index in [1.54, 1.807) is 68.4 Å². The fourth-order valence-corrected chi connectivity index (χ4v) is 11.1. The van der Waals surface area contributed by atoms with Crippen LogP contribution in [0.4, 0.5) is 9.59 Å². The fraction of sp³-hybridized carbons (Fsp3) is 0.197. The van der Waals surface area contributed by atoms with Gasteiger partial charge in [0.25, 0.3) is 0 Å². The summed E-state index contributed by atoms with van der Waals surface area (Å²) < 4.78 is 18.7. The Hall–Kier alpha value is -7.96. The number of fused-ring (bicyclic) bond motifs is 2. The molecule has 394 valence electrons. The zero-order valence-electron chi connectivity index (χ0n) is 44.3. The standard InChI is InChI=1S/C24H26ClN3O4.C19H17P.C18H16ClN3O3/c1-23(2,3)31-18(29)13-12-16-14-17-19(25)26-20(15-10-8-7-9-11-15)27-21(17)28(16)22(30)32-24(4,5)6;1-20(17-11-5-2-6-12-17,18-13-7-3-8-14-18)19-15-9-4-10-16-19;1-18(2,3)25-17(24)22-12(10-23)9-13-14(19)20-15(21-16(13)22)11-7-5-4-6-8-11/h7-14H,1-6H3;2-16H,1H2;4-10H,1-3H3/b13-12+;;. The van der Waals surface area contributed by atoms with Crippen molar-refractivity contribution in [3.63, 3.8) is 0 Å². The Balaban J connectivity index is 0.000000172. The van der Waals surface area contributed by atoms with Gasteiger partial charge in [-0.2, -0.15) is 0 Å². The second kappa shape index (κ2) is 23.9. The lowest BCUT2D eigenvalue weighted by atomic mass is 10.2. The van der Waals surface area contributed by atoms with Crippen LogP contribution in [-0.2, 0) is 19.0 Å². The monoisotopic (exact) mass is 1090 g/mol. The first-order valence-corrected chi connectivity index (χ1v) is 27.2. The molecule has 4 heterocycles. The molecular weight excluding hydrogens is 1030 g/mol. The molecule has 0 spiro atoms. The van der Waals surface area contributed by atoms with Crippen LogP contribution in [0.3, 0.4) is 0 Å². The van der Waals surface area contributed by atoms with E-state index in [2.05, 4.69) is 111 Å². The molecular formula is C61H59Cl2N6O7P. The first-order valence-electron chi connectivity index (χ1n) is 24.5. The van der Waals surface area contributed by atoms with Crippen LogP contribution in [0.5, 0.6) is 0 Å². The van der Waals surface area contributed by atoms with Gasteiger partial charge in [-0.1, -0.05) is 181 Å². The molecule has 0 radical (unpaired) electrons. The van der Waals surface area contributed by atoms with Gasteiger partial charge in [-0.15, -0.1) is 0 Å². The summed E-state index contributed by atoms with van der Waals surface area (Å²) in [4.78, 5) is 66.9. The lowest BCUT2D eigenvalue weighted by molar-refractivity contribution is -0.148. The molecule has 4 aromatic heterocycles. The first-order chi connectivity index (χ1) is 36.5. The number of hydrogen-bond acceptors (Lipinski definition) is 11. The summed E-state index contributed by atoms with van der Waals surface area (Å²) in [6, 6.07) is 53.6. The van der Waals surface area contributed by atoms with Crippen LogP contribution >= 0.6 is 30.1 Å². The van der Waals surface area contributed by atoms with Crippen LogP contribution in [0, 0.1) is 0 Å². The molecule has 0 atom stereocenters. The minimum absolute atomic E-state index is 0.102. The van der Waals surface area contributed by atoms with Crippen molar-refractivity contribution in [3.05, 3.63) is 192 Å². The second-order valence-corrected chi connectivity index (χ2v) is 24.3. The number of rotatable bonds is 8. The normalized spacial score (nSPS) is 11.8. The largest absolute Gasteiger partial charge is 0.457 e. The van der Waals surface area contributed by atoms with Gasteiger partial charge in [-0.25, -0.2) is 43.5 Å². The number of aldehydes is 1. The van der Waals surface area contributed by atoms with E-state index < -0.39 is 41.8 Å². The summed E-state index contributed by atoms with van der Waals surface area (Å²) in [5.74, 6) is 0.188. The molecule has 0 aliphatic carbocycles. The molecule has 77 heavy (non-hydrogen) atoms. The molecule has 0 aliphatic heterocycles. The summed E-state index contributed by atoms with van der Waals surface area (Å²) in [7, 11) is 0. The summed E-state index contributed by atoms with van der Waals surface area (Å²) >= 11 is 12.7. The van der Waals surface area contributed by atoms with E-state index >= 15 is 0 Å². The third-order valence-electron chi connectivity index (χ3n) is 11.0. The van der Waals surface area contributed by atoms with Crippen molar-refractivity contribution in [2.45, 2.75) is 79.1 Å². The van der Waals surface area contributed by atoms with Crippen molar-refractivity contribution in [2.75, 3.05) is 0 Å². The number of esters is 1. The number of carbonyl (C=O) groups is 4. The summed E-state index contributed by atoms with van der Waals surface area (Å²) in [5, 5.41) is 5.17. The van der Waals surface area contributed by atoms with Crippen molar-refractivity contribution in [1.82, 2.24) is 29.1 Å². The quantitative estimate of drug-likeness (QED) is 0.0356. The van der Waals surface area contributed by atoms with Gasteiger partial charge in [0.2, 0.25) is 0 Å². The molecule has 16 heteroatoms. The predicted octanol–water partition coefficient (Wildman–Crippen LogP) is 13.6. The Morgan fingerprint density at radius 3 is 1.16 bits per heavy atom. The van der Waals surface area contributed by atoms with E-state index in [1.807, 2.05) is 60.7 Å². The molecule has 0 amide bonds. The van der Waals surface area contributed by atoms with Crippen molar-refractivity contribution >= 4 is 105 Å². The molecule has 9 aromatic rings. The lowest BCUT2D eigenvalue weighted by Gasteiger charge is -2.26. The third kappa shape index (κ3) is 14.3. The van der Waals surface area contributed by atoms with E-state index in [9.17, 15) is 19.2 Å². The average Bonchev–Trinajstić information content (AvgIpc) is 4.01. The van der Waals surface area contributed by atoms with Crippen LogP contribution in [-0.4, -0.2) is 76.6 Å². The van der Waals surface area contributed by atoms with Gasteiger partial charge in [0.15, 0.2) is 29.2 Å². The maximum absolute atomic E-state index is 13.1. The third-order valence-corrected chi connectivity index (χ3v) is 15.1. The van der Waals surface area contributed by atoms with Gasteiger partial charge in [0.1, 0.15) is 27.1 Å². The number of benzene rings is 5. The van der Waals surface area contributed by atoms with Gasteiger partial charge >= 0.3 is 18.2 Å². The highest BCUT2D eigenvalue weighted by Crippen LogP contribution is 2.41. The predicted molar refractivity (Wildman–Crippen MR) is 312 cm³/mol. The van der Waals surface area contributed by atoms with Crippen molar-refractivity contribution < 1.29 is 33.4 Å². The summed E-state index contributed by atoms with van der Waals surface area (Å²) in [6.07, 6.45) is 6.63. The second-order valence-electron chi connectivity index (χ2n) is 20.5. The van der Waals surface area contributed by atoms with Gasteiger partial charge in [0.05, 0.1) is 22.2 Å². The van der Waals surface area contributed by atoms with E-state index in [0.717, 1.165) is 15.7 Å². The number of hydrogen-bond donors (Lipinski definition) is 0. The maximum atomic E-state index is 13.1. The van der Waals surface area contributed by atoms with Crippen LogP contribution < -0.4 is 15.9 Å². The van der Waals surface area contributed by atoms with Crippen molar-refractivity contribution in [2.24, 2.45) is 0 Å². The van der Waals surface area contributed by atoms with Gasteiger partial charge in [-0.05, 0) is 103 Å². The first kappa shape index (κ1) is 56.8. The molecule has 0 aliphatic rings. The van der Waals surface area contributed by atoms with E-state index in [-0.39, 0.29) is 27.3 Å². The number of ether oxygens (including phenoxy) is 3. The highest BCUT2D eigenvalue weighted by molar-refractivity contribution is 7.93. The van der Waals surface area contributed by atoms with E-state index in [4.69, 9.17) is 43.7 Å². The van der Waals surface area contributed by atoms with E-state index in [0.29, 0.717) is 34.4 Å². The molecule has 0 saturated heterocycles. The summed E-state index contributed by atoms with van der Waals surface area (Å²) in [5.41, 5.74) is 0.379. The van der Waals surface area contributed by atoms with Crippen LogP contribution in [0.2, 0.25) is 10.3 Å². The molecule has 0 bridgehead atoms. The molecule has 5 aromatic carbocycles. The zero-order valence-corrected chi connectivity index (χ0v) is 46.7. The van der Waals surface area contributed by atoms with Crippen LogP contribution in [0.25, 0.3) is 50.9 Å². The number of halogens is 2. The minimum atomic E-state index is -1.78. The average molecular weight is 1090 g/mol. The molecule has 0 unspecified atom stereocenters. The summed E-state index contributed by atoms with van der Waals surface area (Å²) in [6.45, 7) is 14.1. The number of aromatic nitrogens is 6. The lowest BCUT2D eigenvalue weighted by Crippen LogP contribution is -2.28. The molecule has 13 nitrogen and oxygen atoms in total. The maximum Gasteiger partial charge on any atom is 0.420 e. The smallest absolute Gasteiger partial charge is 0.420 e.